The Morgan fingerprint density at radius 3 is 2.14 bits per heavy atom. The Morgan fingerprint density at radius 2 is 1.55 bits per heavy atom. The van der Waals surface area contributed by atoms with Crippen LogP contribution in [0.3, 0.4) is 0 Å². The number of rotatable bonds is 5. The van der Waals surface area contributed by atoms with Crippen LogP contribution in [0, 0.1) is 11.8 Å². The molecule has 6 heteroatoms. The molecule has 0 radical (unpaired) electrons. The minimum atomic E-state index is -0.284. The van der Waals surface area contributed by atoms with Crippen LogP contribution in [0.25, 0.3) is 0 Å². The van der Waals surface area contributed by atoms with Crippen LogP contribution in [0.5, 0.6) is 0 Å². The second kappa shape index (κ2) is 8.39. The average Bonchev–Trinajstić information content (AvgIpc) is 3.00. The van der Waals surface area contributed by atoms with Gasteiger partial charge < -0.3 is 9.80 Å². The molecule has 1 aromatic carbocycles. The first-order chi connectivity index (χ1) is 14.0. The highest BCUT2D eigenvalue weighted by molar-refractivity contribution is 6.07. The molecular weight excluding hydrogens is 366 g/mol. The predicted octanol–water partition coefficient (Wildman–Crippen LogP) is 2.59. The lowest BCUT2D eigenvalue weighted by atomic mass is 9.85. The van der Waals surface area contributed by atoms with Crippen LogP contribution in [0.1, 0.15) is 37.7 Å². The molecule has 2 atom stereocenters. The van der Waals surface area contributed by atoms with Crippen molar-refractivity contribution >= 4 is 23.4 Å². The van der Waals surface area contributed by atoms with Gasteiger partial charge in [-0.05, 0) is 49.8 Å². The lowest BCUT2D eigenvalue weighted by molar-refractivity contribution is -0.146. The molecule has 2 aliphatic heterocycles. The summed E-state index contributed by atoms with van der Waals surface area (Å²) in [6.45, 7) is 2.51. The van der Waals surface area contributed by atoms with Crippen molar-refractivity contribution in [3.63, 3.8) is 0 Å². The van der Waals surface area contributed by atoms with Gasteiger partial charge in [-0.15, -0.1) is 0 Å². The summed E-state index contributed by atoms with van der Waals surface area (Å²) >= 11 is 0. The van der Waals surface area contributed by atoms with Crippen LogP contribution in [0.4, 0.5) is 5.69 Å². The zero-order valence-corrected chi connectivity index (χ0v) is 17.0. The number of amides is 3. The fourth-order valence-electron chi connectivity index (χ4n) is 4.61. The van der Waals surface area contributed by atoms with Gasteiger partial charge in [0.2, 0.25) is 17.7 Å². The third kappa shape index (κ3) is 4.07. The first-order valence-corrected chi connectivity index (χ1v) is 10.6. The molecule has 29 heavy (non-hydrogen) atoms. The van der Waals surface area contributed by atoms with Crippen molar-refractivity contribution in [1.82, 2.24) is 9.80 Å². The Morgan fingerprint density at radius 1 is 0.966 bits per heavy atom. The molecule has 1 aliphatic carbocycles. The summed E-state index contributed by atoms with van der Waals surface area (Å²) in [4.78, 5) is 42.9. The number of carbonyl (C=O) groups excluding carboxylic acids is 3. The van der Waals surface area contributed by atoms with E-state index in [1.165, 1.54) is 29.8 Å². The van der Waals surface area contributed by atoms with Crippen molar-refractivity contribution in [2.45, 2.75) is 38.6 Å². The van der Waals surface area contributed by atoms with E-state index in [-0.39, 0.29) is 36.1 Å². The normalized spacial score (nSPS) is 24.0. The van der Waals surface area contributed by atoms with Crippen molar-refractivity contribution in [1.29, 1.82) is 0 Å². The molecule has 0 unspecified atom stereocenters. The number of nitrogens with zero attached hydrogens (tertiary/aromatic N) is 3. The summed E-state index contributed by atoms with van der Waals surface area (Å²) < 4.78 is 0. The Balaban J connectivity index is 1.34. The Hall–Kier alpha value is -2.63. The zero-order chi connectivity index (χ0) is 20.4. The number of piperidine rings is 1. The van der Waals surface area contributed by atoms with E-state index >= 15 is 0 Å². The number of allylic oxidation sites excluding steroid dienone is 2. The van der Waals surface area contributed by atoms with E-state index in [0.717, 1.165) is 18.7 Å². The number of likely N-dealkylation sites (N-methyl/N-ethyl adjacent to an activating group) is 1. The van der Waals surface area contributed by atoms with Gasteiger partial charge in [0.15, 0.2) is 0 Å². The lowest BCUT2D eigenvalue weighted by Crippen LogP contribution is -2.41. The summed E-state index contributed by atoms with van der Waals surface area (Å²) in [6.07, 6.45) is 8.89. The number of hydrogen-bond donors (Lipinski definition) is 0. The zero-order valence-electron chi connectivity index (χ0n) is 17.0. The molecule has 2 fully saturated rings. The second-order valence-corrected chi connectivity index (χ2v) is 8.38. The van der Waals surface area contributed by atoms with Crippen LogP contribution in [-0.2, 0) is 20.9 Å². The fraction of sp³-hybridized carbons (Fsp3) is 0.522. The minimum absolute atomic E-state index is 0.160. The van der Waals surface area contributed by atoms with Crippen LogP contribution in [-0.4, -0.2) is 54.2 Å². The fourth-order valence-corrected chi connectivity index (χ4v) is 4.61. The number of imide groups is 1. The second-order valence-electron chi connectivity index (χ2n) is 8.38. The summed E-state index contributed by atoms with van der Waals surface area (Å²) in [7, 11) is 1.72. The summed E-state index contributed by atoms with van der Waals surface area (Å²) in [5.74, 6) is -1.17. The Bertz CT molecular complexity index is 785. The van der Waals surface area contributed by atoms with E-state index in [2.05, 4.69) is 29.2 Å². The van der Waals surface area contributed by atoms with Crippen LogP contribution in [0.2, 0.25) is 0 Å². The largest absolute Gasteiger partial charge is 0.372 e. The number of carbonyl (C=O) groups is 3. The summed E-state index contributed by atoms with van der Waals surface area (Å²) in [5, 5.41) is 0. The van der Waals surface area contributed by atoms with E-state index in [1.807, 2.05) is 12.2 Å². The number of hydrogen-bond acceptors (Lipinski definition) is 4. The summed E-state index contributed by atoms with van der Waals surface area (Å²) in [6, 6.07) is 8.34. The van der Waals surface area contributed by atoms with Gasteiger partial charge in [0.25, 0.3) is 0 Å². The highest BCUT2D eigenvalue weighted by Gasteiger charge is 2.47. The van der Waals surface area contributed by atoms with Crippen LogP contribution >= 0.6 is 0 Å². The van der Waals surface area contributed by atoms with Crippen molar-refractivity contribution in [2.75, 3.05) is 31.6 Å². The topological polar surface area (TPSA) is 60.9 Å². The van der Waals surface area contributed by atoms with Gasteiger partial charge in [-0.1, -0.05) is 24.3 Å². The van der Waals surface area contributed by atoms with Crippen molar-refractivity contribution in [2.24, 2.45) is 11.8 Å². The first kappa shape index (κ1) is 19.7. The van der Waals surface area contributed by atoms with Gasteiger partial charge in [-0.3, -0.25) is 19.3 Å². The molecular formula is C23H29N3O3. The average molecular weight is 396 g/mol. The van der Waals surface area contributed by atoms with E-state index in [0.29, 0.717) is 19.4 Å². The number of anilines is 1. The maximum Gasteiger partial charge on any atom is 0.242 e. The standard InChI is InChI=1S/C23H29N3O3/c1-24(15-17-9-11-18(12-10-17)25-13-5-2-6-14-25)21(27)16-26-22(28)19-7-3-4-8-20(19)23(26)29/h3-4,9-12,19-20H,2,5-8,13-16H2,1H3/t19-,20-/m0/s1. The van der Waals surface area contributed by atoms with Gasteiger partial charge in [0.05, 0.1) is 11.8 Å². The monoisotopic (exact) mass is 395 g/mol. The Labute approximate surface area is 172 Å². The molecule has 3 amide bonds. The smallest absolute Gasteiger partial charge is 0.242 e. The van der Waals surface area contributed by atoms with E-state index in [1.54, 1.807) is 11.9 Å². The van der Waals surface area contributed by atoms with Gasteiger partial charge >= 0.3 is 0 Å². The first-order valence-electron chi connectivity index (χ1n) is 10.6. The lowest BCUT2D eigenvalue weighted by Gasteiger charge is -2.29. The van der Waals surface area contributed by atoms with Gasteiger partial charge in [-0.2, -0.15) is 0 Å². The quantitative estimate of drug-likeness (QED) is 0.568. The molecule has 0 bridgehead atoms. The van der Waals surface area contributed by atoms with Crippen molar-refractivity contribution in [3.8, 4) is 0 Å². The molecule has 1 aromatic rings. The molecule has 6 nitrogen and oxygen atoms in total. The van der Waals surface area contributed by atoms with Gasteiger partial charge in [0, 0.05) is 32.4 Å². The number of benzene rings is 1. The molecule has 4 rings (SSSR count). The minimum Gasteiger partial charge on any atom is -0.372 e. The molecule has 154 valence electrons. The number of likely N-dealkylation sites (tertiary alicyclic amines) is 1. The molecule has 0 spiro atoms. The molecule has 0 N–H and O–H groups in total. The highest BCUT2D eigenvalue weighted by Crippen LogP contribution is 2.34. The van der Waals surface area contributed by atoms with E-state index in [9.17, 15) is 14.4 Å². The van der Waals surface area contributed by atoms with Crippen molar-refractivity contribution in [3.05, 3.63) is 42.0 Å². The maximum atomic E-state index is 12.7. The van der Waals surface area contributed by atoms with E-state index < -0.39 is 0 Å². The van der Waals surface area contributed by atoms with E-state index in [4.69, 9.17) is 0 Å². The van der Waals surface area contributed by atoms with Gasteiger partial charge in [0.1, 0.15) is 6.54 Å². The third-order valence-corrected chi connectivity index (χ3v) is 6.40. The van der Waals surface area contributed by atoms with Crippen LogP contribution < -0.4 is 4.90 Å². The highest BCUT2D eigenvalue weighted by atomic mass is 16.2. The van der Waals surface area contributed by atoms with Crippen LogP contribution in [0.15, 0.2) is 36.4 Å². The predicted molar refractivity (Wildman–Crippen MR) is 111 cm³/mol. The molecule has 2 saturated heterocycles. The summed E-state index contributed by atoms with van der Waals surface area (Å²) in [5.41, 5.74) is 2.27. The SMILES string of the molecule is CN(Cc1ccc(N2CCCCC2)cc1)C(=O)CN1C(=O)[C@H]2CC=CC[C@@H]2C1=O. The molecule has 3 aliphatic rings. The van der Waals surface area contributed by atoms with Crippen molar-refractivity contribution < 1.29 is 14.4 Å². The number of fused-ring (bicyclic) bond motifs is 1. The molecule has 0 saturated carbocycles. The molecule has 2 heterocycles. The Kier molecular flexibility index (Phi) is 5.69. The molecule has 0 aromatic heterocycles. The third-order valence-electron chi connectivity index (χ3n) is 6.40. The maximum absolute atomic E-state index is 12.7. The van der Waals surface area contributed by atoms with Gasteiger partial charge in [-0.25, -0.2) is 0 Å².